The molecular weight excluding hydrogens is 249 g/mol. The highest BCUT2D eigenvalue weighted by Gasteiger charge is 2.28. The topological polar surface area (TPSA) is 55.4 Å². The highest BCUT2D eigenvalue weighted by atomic mass is 19.1. The lowest BCUT2D eigenvalue weighted by Gasteiger charge is -2.13. The third-order valence-electron chi connectivity index (χ3n) is 2.84. The monoisotopic (exact) mass is 263 g/mol. The van der Waals surface area contributed by atoms with E-state index in [1.54, 1.807) is 13.0 Å². The molecule has 0 aromatic heterocycles. The van der Waals surface area contributed by atoms with Gasteiger partial charge in [0.05, 0.1) is 18.2 Å². The standard InChI is InChI=1S/C14H14FNO3/c1-2-4-12(17)16-11-7-8-19-14-9(13(11)18)5-3-6-10(14)15/h2-6,11H,7-8H2,1H3,(H,16,17)/b4-2+. The number of carbonyl (C=O) groups is 2. The van der Waals surface area contributed by atoms with E-state index in [0.29, 0.717) is 6.42 Å². The van der Waals surface area contributed by atoms with Crippen molar-refractivity contribution in [1.82, 2.24) is 5.32 Å². The average molecular weight is 263 g/mol. The van der Waals surface area contributed by atoms with Crippen molar-refractivity contribution in [2.24, 2.45) is 0 Å². The fourth-order valence-electron chi connectivity index (χ4n) is 1.96. The number of fused-ring (bicyclic) bond motifs is 1. The maximum atomic E-state index is 13.6. The fourth-order valence-corrected chi connectivity index (χ4v) is 1.96. The predicted molar refractivity (Wildman–Crippen MR) is 67.6 cm³/mol. The molecule has 5 heteroatoms. The van der Waals surface area contributed by atoms with E-state index < -0.39 is 11.9 Å². The SMILES string of the molecule is C/C=C/C(=O)NC1CCOc2c(F)cccc2C1=O. The lowest BCUT2D eigenvalue weighted by Crippen LogP contribution is -2.40. The molecule has 0 aliphatic carbocycles. The molecule has 1 amide bonds. The first-order valence-corrected chi connectivity index (χ1v) is 6.02. The number of Topliss-reactive ketones (excluding diaryl/α,β-unsaturated/α-hetero) is 1. The van der Waals surface area contributed by atoms with Gasteiger partial charge in [-0.05, 0) is 25.1 Å². The van der Waals surface area contributed by atoms with Crippen LogP contribution in [-0.4, -0.2) is 24.3 Å². The molecule has 100 valence electrons. The second-order valence-electron chi connectivity index (χ2n) is 4.18. The zero-order chi connectivity index (χ0) is 13.8. The molecule has 1 heterocycles. The van der Waals surface area contributed by atoms with Crippen molar-refractivity contribution in [2.75, 3.05) is 6.61 Å². The van der Waals surface area contributed by atoms with Crippen molar-refractivity contribution in [1.29, 1.82) is 0 Å². The maximum absolute atomic E-state index is 13.6. The van der Waals surface area contributed by atoms with Crippen LogP contribution in [0.15, 0.2) is 30.4 Å². The molecule has 0 saturated heterocycles. The van der Waals surface area contributed by atoms with Crippen LogP contribution in [0.2, 0.25) is 0 Å². The minimum Gasteiger partial charge on any atom is -0.490 e. The molecule has 0 spiro atoms. The Hall–Kier alpha value is -2.17. The summed E-state index contributed by atoms with van der Waals surface area (Å²) in [6, 6.07) is 3.50. The van der Waals surface area contributed by atoms with E-state index in [2.05, 4.69) is 5.32 Å². The Bertz CT molecular complexity index is 539. The summed E-state index contributed by atoms with van der Waals surface area (Å²) in [6.45, 7) is 1.89. The fraction of sp³-hybridized carbons (Fsp3) is 0.286. The molecule has 1 aromatic rings. The average Bonchev–Trinajstić information content (AvgIpc) is 2.53. The molecule has 1 N–H and O–H groups in total. The third kappa shape index (κ3) is 2.81. The van der Waals surface area contributed by atoms with Crippen molar-refractivity contribution >= 4 is 11.7 Å². The van der Waals surface area contributed by atoms with Crippen LogP contribution in [0.5, 0.6) is 5.75 Å². The van der Waals surface area contributed by atoms with Crippen LogP contribution in [0.25, 0.3) is 0 Å². The Morgan fingerprint density at radius 1 is 1.53 bits per heavy atom. The van der Waals surface area contributed by atoms with Crippen molar-refractivity contribution in [2.45, 2.75) is 19.4 Å². The van der Waals surface area contributed by atoms with Crippen molar-refractivity contribution < 1.29 is 18.7 Å². The van der Waals surface area contributed by atoms with E-state index in [1.807, 2.05) is 0 Å². The molecule has 0 radical (unpaired) electrons. The van der Waals surface area contributed by atoms with Crippen molar-refractivity contribution in [3.63, 3.8) is 0 Å². The molecule has 1 atom stereocenters. The second-order valence-corrected chi connectivity index (χ2v) is 4.18. The highest BCUT2D eigenvalue weighted by Crippen LogP contribution is 2.27. The van der Waals surface area contributed by atoms with Crippen LogP contribution < -0.4 is 10.1 Å². The molecule has 1 aliphatic heterocycles. The number of nitrogens with one attached hydrogen (secondary N) is 1. The van der Waals surface area contributed by atoms with Gasteiger partial charge >= 0.3 is 0 Å². The Morgan fingerprint density at radius 3 is 3.05 bits per heavy atom. The number of amides is 1. The van der Waals surface area contributed by atoms with Gasteiger partial charge in [0.15, 0.2) is 17.3 Å². The minimum absolute atomic E-state index is 0.0321. The minimum atomic E-state index is -0.688. The summed E-state index contributed by atoms with van der Waals surface area (Å²) in [5.74, 6) is -1.27. The maximum Gasteiger partial charge on any atom is 0.244 e. The summed E-state index contributed by atoms with van der Waals surface area (Å²) in [5.41, 5.74) is 0.170. The van der Waals surface area contributed by atoms with Crippen LogP contribution in [0.3, 0.4) is 0 Å². The number of rotatable bonds is 2. The lowest BCUT2D eigenvalue weighted by atomic mass is 10.0. The zero-order valence-electron chi connectivity index (χ0n) is 10.5. The molecule has 2 rings (SSSR count). The summed E-state index contributed by atoms with van der Waals surface area (Å²) in [4.78, 5) is 23.7. The van der Waals surface area contributed by atoms with Crippen LogP contribution in [0.4, 0.5) is 4.39 Å². The first kappa shape index (κ1) is 13.3. The van der Waals surface area contributed by atoms with Crippen LogP contribution in [-0.2, 0) is 4.79 Å². The summed E-state index contributed by atoms with van der Waals surface area (Å²) in [6.07, 6.45) is 3.24. The summed E-state index contributed by atoms with van der Waals surface area (Å²) in [5, 5.41) is 2.59. The number of ketones is 1. The number of hydrogen-bond acceptors (Lipinski definition) is 3. The quantitative estimate of drug-likeness (QED) is 0.828. The summed E-state index contributed by atoms with van der Waals surface area (Å²) in [7, 11) is 0. The first-order valence-electron chi connectivity index (χ1n) is 6.02. The molecule has 0 fully saturated rings. The molecule has 1 unspecified atom stereocenters. The highest BCUT2D eigenvalue weighted by molar-refractivity contribution is 6.05. The number of ether oxygens (including phenoxy) is 1. The lowest BCUT2D eigenvalue weighted by molar-refractivity contribution is -0.117. The molecule has 19 heavy (non-hydrogen) atoms. The van der Waals surface area contributed by atoms with Gasteiger partial charge in [0.25, 0.3) is 0 Å². The Kier molecular flexibility index (Phi) is 3.94. The van der Waals surface area contributed by atoms with Gasteiger partial charge in [-0.3, -0.25) is 9.59 Å². The van der Waals surface area contributed by atoms with E-state index in [0.717, 1.165) is 0 Å². The Labute approximate surface area is 110 Å². The van der Waals surface area contributed by atoms with E-state index in [1.165, 1.54) is 24.3 Å². The van der Waals surface area contributed by atoms with Gasteiger partial charge in [-0.25, -0.2) is 4.39 Å². The van der Waals surface area contributed by atoms with Gasteiger partial charge in [-0.1, -0.05) is 12.1 Å². The van der Waals surface area contributed by atoms with E-state index >= 15 is 0 Å². The third-order valence-corrected chi connectivity index (χ3v) is 2.84. The van der Waals surface area contributed by atoms with Crippen molar-refractivity contribution in [3.05, 3.63) is 41.7 Å². The van der Waals surface area contributed by atoms with Gasteiger partial charge in [-0.2, -0.15) is 0 Å². The van der Waals surface area contributed by atoms with Gasteiger partial charge in [-0.15, -0.1) is 0 Å². The van der Waals surface area contributed by atoms with E-state index in [-0.39, 0.29) is 29.6 Å². The smallest absolute Gasteiger partial charge is 0.244 e. The Morgan fingerprint density at radius 2 is 2.32 bits per heavy atom. The summed E-state index contributed by atoms with van der Waals surface area (Å²) < 4.78 is 18.8. The molecule has 1 aliphatic rings. The number of allylic oxidation sites excluding steroid dienone is 1. The molecule has 1 aromatic carbocycles. The van der Waals surface area contributed by atoms with Crippen LogP contribution in [0.1, 0.15) is 23.7 Å². The van der Waals surface area contributed by atoms with Gasteiger partial charge in [0.1, 0.15) is 0 Å². The molecule has 4 nitrogen and oxygen atoms in total. The molecule has 0 bridgehead atoms. The van der Waals surface area contributed by atoms with E-state index in [9.17, 15) is 14.0 Å². The van der Waals surface area contributed by atoms with Crippen LogP contribution in [0, 0.1) is 5.82 Å². The first-order chi connectivity index (χ1) is 9.13. The number of para-hydroxylation sites is 1. The van der Waals surface area contributed by atoms with Crippen molar-refractivity contribution in [3.8, 4) is 5.75 Å². The van der Waals surface area contributed by atoms with Gasteiger partial charge in [0.2, 0.25) is 5.91 Å². The largest absolute Gasteiger partial charge is 0.490 e. The summed E-state index contributed by atoms with van der Waals surface area (Å²) >= 11 is 0. The number of halogens is 1. The second kappa shape index (κ2) is 5.65. The predicted octanol–water partition coefficient (Wildman–Crippen LogP) is 1.85. The Balaban J connectivity index is 2.26. The normalized spacial score (nSPS) is 18.6. The number of hydrogen-bond donors (Lipinski definition) is 1. The van der Waals surface area contributed by atoms with Gasteiger partial charge < -0.3 is 10.1 Å². The number of carbonyl (C=O) groups excluding carboxylic acids is 2. The zero-order valence-corrected chi connectivity index (χ0v) is 10.5. The molecular formula is C14H14FNO3. The number of benzene rings is 1. The van der Waals surface area contributed by atoms with Gasteiger partial charge in [0, 0.05) is 6.42 Å². The molecule has 0 saturated carbocycles. The van der Waals surface area contributed by atoms with Crippen LogP contribution >= 0.6 is 0 Å². The van der Waals surface area contributed by atoms with E-state index in [4.69, 9.17) is 4.74 Å².